The first-order chi connectivity index (χ1) is 17.8. The third-order valence-electron chi connectivity index (χ3n) is 7.13. The third-order valence-corrected chi connectivity index (χ3v) is 7.13. The fourth-order valence-corrected chi connectivity index (χ4v) is 4.93. The van der Waals surface area contributed by atoms with Crippen molar-refractivity contribution in [2.75, 3.05) is 31.1 Å². The molecule has 0 bridgehead atoms. The number of hydrogen-bond donors (Lipinski definition) is 0. The van der Waals surface area contributed by atoms with Crippen molar-refractivity contribution in [1.29, 1.82) is 0 Å². The van der Waals surface area contributed by atoms with Crippen LogP contribution >= 0.6 is 0 Å². The maximum atomic E-state index is 12.9. The quantitative estimate of drug-likeness (QED) is 0.313. The second-order valence-electron chi connectivity index (χ2n) is 10.3. The molecule has 4 rings (SSSR count). The summed E-state index contributed by atoms with van der Waals surface area (Å²) in [5.74, 6) is 0.0828. The van der Waals surface area contributed by atoms with Crippen LogP contribution in [0.25, 0.3) is 0 Å². The lowest BCUT2D eigenvalue weighted by Gasteiger charge is -2.37. The Kier molecular flexibility index (Phi) is 12.9. The SMILES string of the molecule is CC(=O)c1nn(CC(=O)N2CCN(c3cccc(C)c3C)CC2)c2c1CCC2.CCC.CCCCCC. The van der Waals surface area contributed by atoms with Crippen molar-refractivity contribution in [1.82, 2.24) is 14.7 Å². The lowest BCUT2D eigenvalue weighted by molar-refractivity contribution is -0.132. The summed E-state index contributed by atoms with van der Waals surface area (Å²) in [4.78, 5) is 29.0. The number of hydrogen-bond acceptors (Lipinski definition) is 4. The summed E-state index contributed by atoms with van der Waals surface area (Å²) in [5, 5.41) is 4.46. The van der Waals surface area contributed by atoms with Crippen LogP contribution in [-0.4, -0.2) is 52.5 Å². The van der Waals surface area contributed by atoms with Gasteiger partial charge in [-0.05, 0) is 50.3 Å². The summed E-state index contributed by atoms with van der Waals surface area (Å²) < 4.78 is 1.78. The molecule has 37 heavy (non-hydrogen) atoms. The number of piperazine rings is 1. The molecule has 0 spiro atoms. The molecule has 1 fully saturated rings. The van der Waals surface area contributed by atoms with Crippen LogP contribution in [0.1, 0.15) is 106 Å². The average molecular weight is 511 g/mol. The van der Waals surface area contributed by atoms with E-state index in [2.05, 4.69) is 69.7 Å². The molecule has 6 nitrogen and oxygen atoms in total. The van der Waals surface area contributed by atoms with E-state index in [0.717, 1.165) is 56.7 Å². The molecular weight excluding hydrogens is 460 g/mol. The number of nitrogens with zero attached hydrogens (tertiary/aromatic N) is 4. The minimum atomic E-state index is -0.00788. The number of rotatable bonds is 7. The Balaban J connectivity index is 0.000000464. The lowest BCUT2D eigenvalue weighted by Crippen LogP contribution is -2.50. The first-order valence-corrected chi connectivity index (χ1v) is 14.5. The number of aryl methyl sites for hydroxylation is 1. The summed E-state index contributed by atoms with van der Waals surface area (Å²) in [7, 11) is 0. The second kappa shape index (κ2) is 15.6. The maximum absolute atomic E-state index is 12.9. The van der Waals surface area contributed by atoms with Gasteiger partial charge in [0.2, 0.25) is 5.91 Å². The van der Waals surface area contributed by atoms with Gasteiger partial charge in [-0.15, -0.1) is 0 Å². The van der Waals surface area contributed by atoms with Gasteiger partial charge >= 0.3 is 0 Å². The van der Waals surface area contributed by atoms with Crippen LogP contribution in [-0.2, 0) is 24.2 Å². The highest BCUT2D eigenvalue weighted by Gasteiger charge is 2.27. The predicted molar refractivity (Wildman–Crippen MR) is 155 cm³/mol. The molecule has 1 aromatic carbocycles. The Bertz CT molecular complexity index is 999. The molecule has 6 heteroatoms. The van der Waals surface area contributed by atoms with Gasteiger partial charge in [0.05, 0.1) is 0 Å². The van der Waals surface area contributed by atoms with E-state index in [0.29, 0.717) is 5.69 Å². The van der Waals surface area contributed by atoms with Crippen molar-refractivity contribution < 1.29 is 9.59 Å². The maximum Gasteiger partial charge on any atom is 0.244 e. The van der Waals surface area contributed by atoms with Crippen LogP contribution in [0.4, 0.5) is 5.69 Å². The summed E-state index contributed by atoms with van der Waals surface area (Å²) in [5.41, 5.74) is 6.56. The molecule has 0 radical (unpaired) electrons. The number of unbranched alkanes of at least 4 members (excludes halogenated alkanes) is 3. The van der Waals surface area contributed by atoms with Crippen molar-refractivity contribution in [3.63, 3.8) is 0 Å². The minimum absolute atomic E-state index is 0.00788. The minimum Gasteiger partial charge on any atom is -0.368 e. The van der Waals surface area contributed by atoms with E-state index in [1.807, 2.05) is 4.90 Å². The Labute approximate surface area is 225 Å². The van der Waals surface area contributed by atoms with Crippen LogP contribution in [0.3, 0.4) is 0 Å². The number of carbonyl (C=O) groups is 2. The van der Waals surface area contributed by atoms with E-state index in [1.54, 1.807) is 11.6 Å². The first kappa shape index (κ1) is 30.6. The van der Waals surface area contributed by atoms with Crippen LogP contribution in [0.5, 0.6) is 0 Å². The number of benzene rings is 1. The monoisotopic (exact) mass is 510 g/mol. The van der Waals surface area contributed by atoms with Gasteiger partial charge in [-0.1, -0.05) is 71.9 Å². The van der Waals surface area contributed by atoms with Gasteiger partial charge in [-0.3, -0.25) is 14.3 Å². The number of amides is 1. The van der Waals surface area contributed by atoms with Gasteiger partial charge in [0.25, 0.3) is 0 Å². The van der Waals surface area contributed by atoms with E-state index >= 15 is 0 Å². The van der Waals surface area contributed by atoms with Gasteiger partial charge in [-0.2, -0.15) is 5.10 Å². The number of carbonyl (C=O) groups excluding carboxylic acids is 2. The van der Waals surface area contributed by atoms with Crippen LogP contribution in [0.2, 0.25) is 0 Å². The molecule has 0 unspecified atom stereocenters. The molecule has 1 amide bonds. The topological polar surface area (TPSA) is 58.4 Å². The molecule has 1 saturated heterocycles. The second-order valence-corrected chi connectivity index (χ2v) is 10.3. The van der Waals surface area contributed by atoms with Gasteiger partial charge in [0, 0.05) is 50.0 Å². The molecule has 0 atom stereocenters. The summed E-state index contributed by atoms with van der Waals surface area (Å²) in [6.07, 6.45) is 9.63. The molecule has 1 aliphatic heterocycles. The van der Waals surface area contributed by atoms with E-state index in [1.165, 1.54) is 48.9 Å². The Hall–Kier alpha value is -2.63. The third kappa shape index (κ3) is 8.44. The summed E-state index contributed by atoms with van der Waals surface area (Å²) in [6.45, 7) is 17.9. The van der Waals surface area contributed by atoms with E-state index in [9.17, 15) is 9.59 Å². The average Bonchev–Trinajstić information content (AvgIpc) is 3.49. The highest BCUT2D eigenvalue weighted by Crippen LogP contribution is 2.26. The van der Waals surface area contributed by atoms with Crippen molar-refractivity contribution in [3.8, 4) is 0 Å². The largest absolute Gasteiger partial charge is 0.368 e. The van der Waals surface area contributed by atoms with Gasteiger partial charge in [-0.25, -0.2) is 0 Å². The number of anilines is 1. The van der Waals surface area contributed by atoms with Crippen molar-refractivity contribution in [2.45, 2.75) is 106 Å². The van der Waals surface area contributed by atoms with Crippen molar-refractivity contribution in [2.24, 2.45) is 0 Å². The summed E-state index contributed by atoms with van der Waals surface area (Å²) in [6, 6.07) is 6.40. The van der Waals surface area contributed by atoms with Crippen molar-refractivity contribution in [3.05, 3.63) is 46.3 Å². The number of ketones is 1. The van der Waals surface area contributed by atoms with E-state index in [4.69, 9.17) is 0 Å². The van der Waals surface area contributed by atoms with Crippen molar-refractivity contribution >= 4 is 17.4 Å². The predicted octanol–water partition coefficient (Wildman–Crippen LogP) is 6.54. The molecule has 2 heterocycles. The van der Waals surface area contributed by atoms with E-state index < -0.39 is 0 Å². The van der Waals surface area contributed by atoms with Crippen LogP contribution in [0.15, 0.2) is 18.2 Å². The fraction of sp³-hybridized carbons (Fsp3) is 0.645. The Morgan fingerprint density at radius 3 is 2.11 bits per heavy atom. The Morgan fingerprint density at radius 1 is 0.919 bits per heavy atom. The number of fused-ring (bicyclic) bond motifs is 1. The molecule has 206 valence electrons. The molecule has 1 aliphatic carbocycles. The standard InChI is InChI=1S/C22H28N4O2.C6H14.C3H8/c1-15-6-4-8-19(16(15)2)24-10-12-25(13-11-24)21(28)14-26-20-9-5-7-18(20)22(23-26)17(3)27;1-3-5-6-4-2;1-3-2/h4,6,8H,5,7,9-14H2,1-3H3;3-6H2,1-2H3;3H2,1-2H3. The molecule has 0 saturated carbocycles. The summed E-state index contributed by atoms with van der Waals surface area (Å²) >= 11 is 0. The zero-order chi connectivity index (χ0) is 27.4. The van der Waals surface area contributed by atoms with E-state index in [-0.39, 0.29) is 18.2 Å². The number of aromatic nitrogens is 2. The fourth-order valence-electron chi connectivity index (χ4n) is 4.93. The number of Topliss-reactive ketones (excluding diaryl/α,β-unsaturated/α-hetero) is 1. The van der Waals surface area contributed by atoms with Crippen LogP contribution < -0.4 is 4.90 Å². The molecule has 2 aliphatic rings. The molecular formula is C31H50N4O2. The zero-order valence-corrected chi connectivity index (χ0v) is 24.5. The smallest absolute Gasteiger partial charge is 0.244 e. The normalized spacial score (nSPS) is 14.4. The highest BCUT2D eigenvalue weighted by atomic mass is 16.2. The van der Waals surface area contributed by atoms with Gasteiger partial charge < -0.3 is 9.80 Å². The first-order valence-electron chi connectivity index (χ1n) is 14.5. The molecule has 0 N–H and O–H groups in total. The molecule has 2 aromatic rings. The Morgan fingerprint density at radius 2 is 1.54 bits per heavy atom. The van der Waals surface area contributed by atoms with Crippen LogP contribution in [0, 0.1) is 13.8 Å². The van der Waals surface area contributed by atoms with Gasteiger partial charge in [0.1, 0.15) is 12.2 Å². The van der Waals surface area contributed by atoms with Gasteiger partial charge in [0.15, 0.2) is 5.78 Å². The lowest BCUT2D eigenvalue weighted by atomic mass is 10.1. The zero-order valence-electron chi connectivity index (χ0n) is 24.5. The molecule has 1 aromatic heterocycles. The highest BCUT2D eigenvalue weighted by molar-refractivity contribution is 5.94.